The summed E-state index contributed by atoms with van der Waals surface area (Å²) < 4.78 is 19.7. The zero-order chi connectivity index (χ0) is 13.8. The monoisotopic (exact) mass is 386 g/mol. The van der Waals surface area contributed by atoms with Crippen molar-refractivity contribution in [2.75, 3.05) is 7.11 Å². The molecule has 2 aromatic carbocycles. The molecule has 0 radical (unpaired) electrons. The lowest BCUT2D eigenvalue weighted by atomic mass is 10.0. The third-order valence-corrected chi connectivity index (χ3v) is 4.36. The minimum Gasteiger partial charge on any atom is -0.497 e. The van der Waals surface area contributed by atoms with E-state index in [9.17, 15) is 4.39 Å². The molecule has 0 aliphatic rings. The van der Waals surface area contributed by atoms with Crippen LogP contribution in [0.2, 0.25) is 0 Å². The van der Waals surface area contributed by atoms with Crippen LogP contribution in [0.15, 0.2) is 46.9 Å². The molecule has 1 atom stereocenters. The molecule has 0 aromatic heterocycles. The second-order valence-electron chi connectivity index (χ2n) is 4.16. The average molecular weight is 388 g/mol. The van der Waals surface area contributed by atoms with Gasteiger partial charge < -0.3 is 4.74 Å². The Hall–Kier alpha value is -0.870. The van der Waals surface area contributed by atoms with Gasteiger partial charge in [0, 0.05) is 14.9 Å². The van der Waals surface area contributed by atoms with Gasteiger partial charge in [-0.05, 0) is 36.2 Å². The van der Waals surface area contributed by atoms with E-state index in [0.29, 0.717) is 12.0 Å². The summed E-state index contributed by atoms with van der Waals surface area (Å²) in [6.07, 6.45) is 0.712. The second kappa shape index (κ2) is 6.53. The fourth-order valence-electron chi connectivity index (χ4n) is 1.88. The van der Waals surface area contributed by atoms with E-state index in [0.717, 1.165) is 15.8 Å². The van der Waals surface area contributed by atoms with Gasteiger partial charge in [0.15, 0.2) is 0 Å². The molecule has 2 rings (SSSR count). The first-order valence-corrected chi connectivity index (χ1v) is 7.53. The summed E-state index contributed by atoms with van der Waals surface area (Å²) in [4.78, 5) is -0.0727. The molecule has 0 aliphatic heterocycles. The molecule has 4 heteroatoms. The highest BCUT2D eigenvalue weighted by Crippen LogP contribution is 2.34. The van der Waals surface area contributed by atoms with Crippen LogP contribution >= 0.6 is 31.9 Å². The zero-order valence-corrected chi connectivity index (χ0v) is 13.5. The van der Waals surface area contributed by atoms with Gasteiger partial charge in [-0.3, -0.25) is 0 Å². The van der Waals surface area contributed by atoms with Crippen LogP contribution in [0.1, 0.15) is 16.0 Å². The van der Waals surface area contributed by atoms with Crippen molar-refractivity contribution < 1.29 is 9.13 Å². The third kappa shape index (κ3) is 3.57. The Labute approximate surface area is 129 Å². The summed E-state index contributed by atoms with van der Waals surface area (Å²) in [5.41, 5.74) is 1.77. The quantitative estimate of drug-likeness (QED) is 0.649. The van der Waals surface area contributed by atoms with Gasteiger partial charge in [-0.1, -0.05) is 50.1 Å². The molecule has 1 nitrogen and oxygen atoms in total. The van der Waals surface area contributed by atoms with Gasteiger partial charge >= 0.3 is 0 Å². The van der Waals surface area contributed by atoms with Gasteiger partial charge in [0.25, 0.3) is 0 Å². The van der Waals surface area contributed by atoms with Crippen molar-refractivity contribution in [1.82, 2.24) is 0 Å². The normalized spacial score (nSPS) is 12.2. The Kier molecular flexibility index (Phi) is 4.99. The Morgan fingerprint density at radius 3 is 2.42 bits per heavy atom. The summed E-state index contributed by atoms with van der Waals surface area (Å²) in [5.74, 6) is 0.617. The number of hydrogen-bond acceptors (Lipinski definition) is 1. The van der Waals surface area contributed by atoms with E-state index < -0.39 is 0 Å². The highest BCUT2D eigenvalue weighted by atomic mass is 79.9. The van der Waals surface area contributed by atoms with Gasteiger partial charge in [0.1, 0.15) is 11.6 Å². The van der Waals surface area contributed by atoms with Crippen molar-refractivity contribution in [3.8, 4) is 5.75 Å². The fraction of sp³-hybridized carbons (Fsp3) is 0.200. The van der Waals surface area contributed by atoms with E-state index in [1.165, 1.54) is 6.07 Å². The molecule has 0 fully saturated rings. The van der Waals surface area contributed by atoms with Crippen molar-refractivity contribution >= 4 is 31.9 Å². The van der Waals surface area contributed by atoms with Gasteiger partial charge in [-0.2, -0.15) is 0 Å². The van der Waals surface area contributed by atoms with Crippen molar-refractivity contribution in [1.29, 1.82) is 0 Å². The molecule has 19 heavy (non-hydrogen) atoms. The van der Waals surface area contributed by atoms with Crippen LogP contribution in [0.5, 0.6) is 5.75 Å². The van der Waals surface area contributed by atoms with Crippen molar-refractivity contribution in [3.63, 3.8) is 0 Å². The minimum atomic E-state index is -0.204. The van der Waals surface area contributed by atoms with E-state index in [1.807, 2.05) is 30.3 Å². The summed E-state index contributed by atoms with van der Waals surface area (Å²) >= 11 is 6.95. The largest absolute Gasteiger partial charge is 0.497 e. The van der Waals surface area contributed by atoms with E-state index in [-0.39, 0.29) is 10.6 Å². The molecule has 2 aromatic rings. The maximum absolute atomic E-state index is 13.8. The average Bonchev–Trinajstić information content (AvgIpc) is 2.39. The lowest BCUT2D eigenvalue weighted by molar-refractivity contribution is 0.414. The number of alkyl halides is 1. The van der Waals surface area contributed by atoms with Gasteiger partial charge in [-0.15, -0.1) is 0 Å². The van der Waals surface area contributed by atoms with E-state index >= 15 is 0 Å². The fourth-order valence-corrected chi connectivity index (χ4v) is 3.65. The summed E-state index contributed by atoms with van der Waals surface area (Å²) in [7, 11) is 1.64. The number of rotatable bonds is 4. The topological polar surface area (TPSA) is 9.23 Å². The lowest BCUT2D eigenvalue weighted by Crippen LogP contribution is -2.00. The predicted molar refractivity (Wildman–Crippen MR) is 82.5 cm³/mol. The van der Waals surface area contributed by atoms with E-state index in [2.05, 4.69) is 31.9 Å². The lowest BCUT2D eigenvalue weighted by Gasteiger charge is -2.13. The standard InChI is InChI=1S/C15H13Br2FO/c1-19-11-7-5-10(6-8-11)9-13(17)15-12(16)3-2-4-14(15)18/h2-8,13H,9H2,1H3. The minimum absolute atomic E-state index is 0.0727. The Bertz CT molecular complexity index is 534. The third-order valence-electron chi connectivity index (χ3n) is 2.89. The van der Waals surface area contributed by atoms with Crippen molar-refractivity contribution in [2.45, 2.75) is 11.2 Å². The van der Waals surface area contributed by atoms with Crippen molar-refractivity contribution in [2.24, 2.45) is 0 Å². The summed E-state index contributed by atoms with van der Waals surface area (Å²) in [6, 6.07) is 12.8. The SMILES string of the molecule is COc1ccc(CC(Br)c2c(F)cccc2Br)cc1. The maximum Gasteiger partial charge on any atom is 0.128 e. The van der Waals surface area contributed by atoms with Gasteiger partial charge in [-0.25, -0.2) is 4.39 Å². The summed E-state index contributed by atoms with van der Waals surface area (Å²) in [5, 5.41) is 0. The molecule has 0 spiro atoms. The molecule has 100 valence electrons. The molecule has 0 aliphatic carbocycles. The Morgan fingerprint density at radius 1 is 1.16 bits per heavy atom. The molecule has 0 bridgehead atoms. The molecule has 0 amide bonds. The molecule has 0 saturated carbocycles. The highest BCUT2D eigenvalue weighted by Gasteiger charge is 2.16. The Balaban J connectivity index is 2.18. The van der Waals surface area contributed by atoms with Crippen LogP contribution < -0.4 is 4.74 Å². The first kappa shape index (κ1) is 14.5. The highest BCUT2D eigenvalue weighted by molar-refractivity contribution is 9.11. The van der Waals surface area contributed by atoms with E-state index in [1.54, 1.807) is 13.2 Å². The maximum atomic E-state index is 13.8. The number of benzene rings is 2. The predicted octanol–water partition coefficient (Wildman–Crippen LogP) is 5.28. The first-order chi connectivity index (χ1) is 9.11. The van der Waals surface area contributed by atoms with E-state index in [4.69, 9.17) is 4.74 Å². The van der Waals surface area contributed by atoms with Crippen LogP contribution in [0, 0.1) is 5.82 Å². The molecular formula is C15H13Br2FO. The molecule has 0 heterocycles. The summed E-state index contributed by atoms with van der Waals surface area (Å²) in [6.45, 7) is 0. The molecule has 0 N–H and O–H groups in total. The molecule has 1 unspecified atom stereocenters. The Morgan fingerprint density at radius 2 is 1.84 bits per heavy atom. The first-order valence-electron chi connectivity index (χ1n) is 5.82. The van der Waals surface area contributed by atoms with Crippen LogP contribution in [0.4, 0.5) is 4.39 Å². The van der Waals surface area contributed by atoms with Crippen LogP contribution in [-0.4, -0.2) is 7.11 Å². The smallest absolute Gasteiger partial charge is 0.128 e. The van der Waals surface area contributed by atoms with Crippen LogP contribution in [0.3, 0.4) is 0 Å². The number of ether oxygens (including phenoxy) is 1. The number of halogens is 3. The number of hydrogen-bond donors (Lipinski definition) is 0. The van der Waals surface area contributed by atoms with Crippen LogP contribution in [0.25, 0.3) is 0 Å². The van der Waals surface area contributed by atoms with Crippen LogP contribution in [-0.2, 0) is 6.42 Å². The molecule has 0 saturated heterocycles. The van der Waals surface area contributed by atoms with Crippen molar-refractivity contribution in [3.05, 3.63) is 63.9 Å². The molecular weight excluding hydrogens is 375 g/mol. The second-order valence-corrected chi connectivity index (χ2v) is 6.11. The zero-order valence-electron chi connectivity index (χ0n) is 10.4. The number of methoxy groups -OCH3 is 1. The van der Waals surface area contributed by atoms with Gasteiger partial charge in [0.05, 0.1) is 7.11 Å². The van der Waals surface area contributed by atoms with Gasteiger partial charge in [0.2, 0.25) is 0 Å².